The number of fused-ring (bicyclic) bond motifs is 1. The number of carbonyl (C=O) groups excluding carboxylic acids is 1. The highest BCUT2D eigenvalue weighted by Crippen LogP contribution is 2.13. The van der Waals surface area contributed by atoms with Gasteiger partial charge in [-0.25, -0.2) is 15.2 Å². The quantitative estimate of drug-likeness (QED) is 0.518. The molecule has 0 bridgehead atoms. The molecule has 0 fully saturated rings. The van der Waals surface area contributed by atoms with Crippen LogP contribution in [0.5, 0.6) is 0 Å². The smallest absolute Gasteiger partial charge is 0.315 e. The lowest BCUT2D eigenvalue weighted by atomic mass is 10.0. The van der Waals surface area contributed by atoms with Gasteiger partial charge in [0.25, 0.3) is 11.5 Å². The summed E-state index contributed by atoms with van der Waals surface area (Å²) in [7, 11) is 2.91. The number of hydrogen-bond acceptors (Lipinski definition) is 5. The molecule has 1 amide bonds. The molecule has 3 rings (SSSR count). The van der Waals surface area contributed by atoms with Crippen molar-refractivity contribution in [2.24, 2.45) is 19.2 Å². The van der Waals surface area contributed by atoms with E-state index < -0.39 is 17.2 Å². The molecule has 146 valence electrons. The molecule has 1 N–H and O–H groups in total. The van der Waals surface area contributed by atoms with Crippen molar-refractivity contribution in [2.45, 2.75) is 26.3 Å². The number of hydrazone groups is 1. The molecule has 0 aliphatic carbocycles. The Morgan fingerprint density at radius 3 is 2.50 bits per heavy atom. The van der Waals surface area contributed by atoms with Gasteiger partial charge in [-0.1, -0.05) is 38.1 Å². The van der Waals surface area contributed by atoms with Crippen LogP contribution in [-0.4, -0.2) is 30.8 Å². The summed E-state index contributed by atoms with van der Waals surface area (Å²) in [5.74, 6) is 0.0353. The molecule has 28 heavy (non-hydrogen) atoms. The molecule has 2 heterocycles. The summed E-state index contributed by atoms with van der Waals surface area (Å²) in [6, 6.07) is 7.90. The second-order valence-corrected chi connectivity index (χ2v) is 6.86. The van der Waals surface area contributed by atoms with Gasteiger partial charge in [0, 0.05) is 14.1 Å². The molecule has 0 radical (unpaired) electrons. The second kappa shape index (κ2) is 7.63. The van der Waals surface area contributed by atoms with Crippen molar-refractivity contribution in [3.05, 3.63) is 62.6 Å². The number of nitrogens with one attached hydrogen (secondary N) is 1. The number of nitrogens with zero attached hydrogens (tertiary/aromatic N) is 5. The van der Waals surface area contributed by atoms with Crippen LogP contribution in [-0.2, 0) is 25.4 Å². The van der Waals surface area contributed by atoms with E-state index in [0.717, 1.165) is 10.1 Å². The second-order valence-electron chi connectivity index (χ2n) is 6.86. The normalized spacial score (nSPS) is 11.6. The predicted octanol–water partition coefficient (Wildman–Crippen LogP) is 0.707. The maximum atomic E-state index is 12.4. The number of hydrogen-bond donors (Lipinski definition) is 1. The van der Waals surface area contributed by atoms with Gasteiger partial charge in [0.2, 0.25) is 0 Å². The van der Waals surface area contributed by atoms with Crippen molar-refractivity contribution >= 4 is 23.3 Å². The highest BCUT2D eigenvalue weighted by Gasteiger charge is 2.15. The van der Waals surface area contributed by atoms with Crippen LogP contribution in [0.1, 0.15) is 30.9 Å². The minimum absolute atomic E-state index is 0.145. The molecule has 9 heteroatoms. The molecule has 0 spiro atoms. The first-order valence-corrected chi connectivity index (χ1v) is 8.82. The zero-order valence-electron chi connectivity index (χ0n) is 16.2. The average Bonchev–Trinajstić information content (AvgIpc) is 3.08. The molecule has 0 atom stereocenters. The number of aryl methyl sites for hydroxylation is 1. The highest BCUT2D eigenvalue weighted by molar-refractivity contribution is 5.83. The first kappa shape index (κ1) is 19.3. The molecule has 0 saturated heterocycles. The predicted molar refractivity (Wildman–Crippen MR) is 106 cm³/mol. The Hall–Kier alpha value is -3.49. The zero-order chi connectivity index (χ0) is 20.4. The van der Waals surface area contributed by atoms with E-state index in [-0.39, 0.29) is 17.7 Å². The zero-order valence-corrected chi connectivity index (χ0v) is 16.2. The summed E-state index contributed by atoms with van der Waals surface area (Å²) in [6.45, 7) is 4.09. The Balaban J connectivity index is 1.73. The van der Waals surface area contributed by atoms with Crippen molar-refractivity contribution in [1.29, 1.82) is 0 Å². The Labute approximate surface area is 160 Å². The van der Waals surface area contributed by atoms with Gasteiger partial charge in [-0.15, -0.1) is 0 Å². The molecular weight excluding hydrogens is 360 g/mol. The summed E-state index contributed by atoms with van der Waals surface area (Å²) in [5.41, 5.74) is 3.97. The standard InChI is InChI=1S/C19H22N6O3/c1-12(2)14-7-5-13(6-8-14)9-21-22-15(26)10-25-11-20-17-16(25)18(27)24(4)19(28)23(17)3/h5-9,11-12H,10H2,1-4H3,(H,22,26)/b21-9-. The summed E-state index contributed by atoms with van der Waals surface area (Å²) in [4.78, 5) is 40.6. The maximum Gasteiger partial charge on any atom is 0.332 e. The van der Waals surface area contributed by atoms with Gasteiger partial charge in [-0.2, -0.15) is 5.10 Å². The van der Waals surface area contributed by atoms with E-state index in [1.54, 1.807) is 6.21 Å². The van der Waals surface area contributed by atoms with Gasteiger partial charge in [-0.3, -0.25) is 18.7 Å². The lowest BCUT2D eigenvalue weighted by Gasteiger charge is -2.06. The topological polar surface area (TPSA) is 103 Å². The summed E-state index contributed by atoms with van der Waals surface area (Å²) in [5, 5.41) is 3.95. The van der Waals surface area contributed by atoms with Crippen LogP contribution in [0.15, 0.2) is 45.3 Å². The SMILES string of the molecule is CC(C)c1ccc(/C=N\NC(=O)Cn2cnc3c2c(=O)n(C)c(=O)n3C)cc1. The number of rotatable bonds is 5. The summed E-state index contributed by atoms with van der Waals surface area (Å²) >= 11 is 0. The van der Waals surface area contributed by atoms with Crippen LogP contribution in [0.4, 0.5) is 0 Å². The van der Waals surface area contributed by atoms with E-state index in [1.165, 1.54) is 35.1 Å². The molecule has 9 nitrogen and oxygen atoms in total. The van der Waals surface area contributed by atoms with E-state index in [9.17, 15) is 14.4 Å². The number of amides is 1. The minimum atomic E-state index is -0.503. The maximum absolute atomic E-state index is 12.4. The first-order valence-electron chi connectivity index (χ1n) is 8.82. The molecular formula is C19H22N6O3. The fraction of sp³-hybridized carbons (Fsp3) is 0.316. The number of benzene rings is 1. The molecule has 0 unspecified atom stereocenters. The van der Waals surface area contributed by atoms with Crippen molar-refractivity contribution in [3.8, 4) is 0 Å². The molecule has 0 aliphatic heterocycles. The van der Waals surface area contributed by atoms with Crippen LogP contribution >= 0.6 is 0 Å². The van der Waals surface area contributed by atoms with Crippen molar-refractivity contribution in [2.75, 3.05) is 0 Å². The van der Waals surface area contributed by atoms with Crippen LogP contribution in [0.2, 0.25) is 0 Å². The molecule has 1 aromatic carbocycles. The van der Waals surface area contributed by atoms with E-state index in [0.29, 0.717) is 5.92 Å². The number of imidazole rings is 1. The van der Waals surface area contributed by atoms with E-state index in [1.807, 2.05) is 24.3 Å². The number of aromatic nitrogens is 4. The van der Waals surface area contributed by atoms with Crippen LogP contribution < -0.4 is 16.7 Å². The minimum Gasteiger partial charge on any atom is -0.315 e. The van der Waals surface area contributed by atoms with Crippen molar-refractivity contribution in [3.63, 3.8) is 0 Å². The summed E-state index contributed by atoms with van der Waals surface area (Å²) < 4.78 is 3.65. The van der Waals surface area contributed by atoms with Gasteiger partial charge in [-0.05, 0) is 17.0 Å². The fourth-order valence-corrected chi connectivity index (χ4v) is 2.85. The Bertz CT molecular complexity index is 1170. The fourth-order valence-electron chi connectivity index (χ4n) is 2.85. The molecule has 3 aromatic rings. The van der Waals surface area contributed by atoms with Crippen molar-refractivity contribution in [1.82, 2.24) is 24.1 Å². The first-order chi connectivity index (χ1) is 13.3. The lowest BCUT2D eigenvalue weighted by molar-refractivity contribution is -0.121. The van der Waals surface area contributed by atoms with Gasteiger partial charge in [0.1, 0.15) is 6.54 Å². The molecule has 2 aromatic heterocycles. The molecule has 0 aliphatic rings. The third-order valence-corrected chi connectivity index (χ3v) is 4.54. The van der Waals surface area contributed by atoms with Crippen LogP contribution in [0, 0.1) is 0 Å². The summed E-state index contributed by atoms with van der Waals surface area (Å²) in [6.07, 6.45) is 2.91. The van der Waals surface area contributed by atoms with E-state index in [4.69, 9.17) is 0 Å². The van der Waals surface area contributed by atoms with Gasteiger partial charge < -0.3 is 4.57 Å². The number of carbonyl (C=O) groups is 1. The third-order valence-electron chi connectivity index (χ3n) is 4.54. The van der Waals surface area contributed by atoms with Gasteiger partial charge in [0.15, 0.2) is 11.2 Å². The Morgan fingerprint density at radius 2 is 1.86 bits per heavy atom. The van der Waals surface area contributed by atoms with Crippen molar-refractivity contribution < 1.29 is 4.79 Å². The van der Waals surface area contributed by atoms with Gasteiger partial charge in [0.05, 0.1) is 12.5 Å². The lowest BCUT2D eigenvalue weighted by Crippen LogP contribution is -2.38. The van der Waals surface area contributed by atoms with Crippen LogP contribution in [0.3, 0.4) is 0 Å². The highest BCUT2D eigenvalue weighted by atomic mass is 16.2. The van der Waals surface area contributed by atoms with Gasteiger partial charge >= 0.3 is 5.69 Å². The average molecular weight is 382 g/mol. The Morgan fingerprint density at radius 1 is 1.18 bits per heavy atom. The van der Waals surface area contributed by atoms with E-state index in [2.05, 4.69) is 29.4 Å². The van der Waals surface area contributed by atoms with E-state index >= 15 is 0 Å². The third kappa shape index (κ3) is 3.64. The van der Waals surface area contributed by atoms with Crippen LogP contribution in [0.25, 0.3) is 11.2 Å². The Kier molecular flexibility index (Phi) is 5.25. The monoisotopic (exact) mass is 382 g/mol. The largest absolute Gasteiger partial charge is 0.332 e. The molecule has 0 saturated carbocycles.